The number of carbonyl (C=O) groups excluding carboxylic acids is 1. The third-order valence-electron chi connectivity index (χ3n) is 7.80. The van der Waals surface area contributed by atoms with E-state index in [1.807, 2.05) is 0 Å². The summed E-state index contributed by atoms with van der Waals surface area (Å²) in [5, 5.41) is 30.0. The van der Waals surface area contributed by atoms with Crippen molar-refractivity contribution in [1.29, 1.82) is 0 Å². The molecule has 16 heteroatoms. The molecule has 2 N–H and O–H groups in total. The molecule has 3 aromatic rings. The first-order valence-electron chi connectivity index (χ1n) is 14.4. The molecule has 2 unspecified atom stereocenters. The quantitative estimate of drug-likeness (QED) is 0.350. The normalized spacial score (nSPS) is 18.7. The molecule has 2 aromatic carbocycles. The number of carbonyl (C=O) groups is 1. The molecule has 0 spiro atoms. The van der Waals surface area contributed by atoms with Crippen LogP contribution in [-0.2, 0) is 23.5 Å². The Kier molecular flexibility index (Phi) is 9.05. The van der Waals surface area contributed by atoms with Crippen LogP contribution < -0.4 is 15.5 Å². The van der Waals surface area contributed by atoms with Gasteiger partial charge < -0.3 is 24.7 Å². The molecular weight excluding hydrogens is 652 g/mol. The van der Waals surface area contributed by atoms with Gasteiger partial charge in [-0.15, -0.1) is 0 Å². The maximum Gasteiger partial charge on any atom is 0.416 e. The summed E-state index contributed by atoms with van der Waals surface area (Å²) in [4.78, 5) is 20.3. The number of likely N-dealkylation sites (tertiary alicyclic amines) is 1. The summed E-state index contributed by atoms with van der Waals surface area (Å²) in [5.41, 5.74) is -3.34. The van der Waals surface area contributed by atoms with Crippen molar-refractivity contribution in [2.45, 2.75) is 63.7 Å². The van der Waals surface area contributed by atoms with Gasteiger partial charge in [-0.3, -0.25) is 0 Å². The number of hydrogen-bond acceptors (Lipinski definition) is 9. The van der Waals surface area contributed by atoms with E-state index in [9.17, 15) is 41.4 Å². The molecule has 1 aromatic heterocycles. The molecule has 47 heavy (non-hydrogen) atoms. The van der Waals surface area contributed by atoms with Crippen molar-refractivity contribution < 1.29 is 46.1 Å². The molecular formula is C31H31F6N5O4S. The van der Waals surface area contributed by atoms with Gasteiger partial charge in [-0.05, 0) is 67.8 Å². The Bertz CT molecular complexity index is 1830. The minimum Gasteiger partial charge on any atom is -0.492 e. The van der Waals surface area contributed by atoms with Crippen molar-refractivity contribution in [3.8, 4) is 5.88 Å². The Morgan fingerprint density at radius 3 is 2.45 bits per heavy atom. The molecule has 0 radical (unpaired) electrons. The van der Waals surface area contributed by atoms with Gasteiger partial charge in [0.2, 0.25) is 5.88 Å². The number of likely N-dealkylation sites (N-methyl/N-ethyl adjacent to an activating group) is 1. The fourth-order valence-corrected chi connectivity index (χ4v) is 6.52. The van der Waals surface area contributed by atoms with Crippen LogP contribution in [0.3, 0.4) is 0 Å². The second kappa shape index (κ2) is 12.4. The highest BCUT2D eigenvalue weighted by molar-refractivity contribution is 7.17. The van der Waals surface area contributed by atoms with Crippen molar-refractivity contribution in [1.82, 2.24) is 9.88 Å². The highest BCUT2D eigenvalue weighted by Crippen LogP contribution is 2.41. The third-order valence-corrected chi connectivity index (χ3v) is 9.00. The zero-order chi connectivity index (χ0) is 34.5. The minimum atomic E-state index is -5.10. The molecule has 2 aliphatic heterocycles. The number of hydrogen-bond donors (Lipinski definition) is 2. The predicted octanol–water partition coefficient (Wildman–Crippen LogP) is 5.10. The van der Waals surface area contributed by atoms with Gasteiger partial charge in [0.1, 0.15) is 5.60 Å². The number of aromatic nitrogens is 1. The molecule has 9 nitrogen and oxygen atoms in total. The van der Waals surface area contributed by atoms with E-state index < -0.39 is 59.1 Å². The van der Waals surface area contributed by atoms with E-state index in [1.54, 1.807) is 50.9 Å². The second-order valence-electron chi connectivity index (χ2n) is 12.3. The van der Waals surface area contributed by atoms with Crippen LogP contribution in [0.5, 0.6) is 5.88 Å². The van der Waals surface area contributed by atoms with E-state index >= 15 is 0 Å². The minimum absolute atomic E-state index is 0.0843. The number of alkyl halides is 6. The first-order valence-corrected chi connectivity index (χ1v) is 15.2. The molecule has 1 amide bonds. The van der Waals surface area contributed by atoms with Crippen molar-refractivity contribution in [2.75, 3.05) is 25.1 Å². The Labute approximate surface area is 269 Å². The number of rotatable bonds is 6. The Morgan fingerprint density at radius 2 is 1.81 bits per heavy atom. The molecule has 1 fully saturated rings. The molecule has 1 saturated heterocycles. The van der Waals surface area contributed by atoms with Gasteiger partial charge in [0.05, 0.1) is 46.3 Å². The first-order chi connectivity index (χ1) is 21.9. The van der Waals surface area contributed by atoms with Gasteiger partial charge in [-0.25, -0.2) is 4.79 Å². The fourth-order valence-electron chi connectivity index (χ4n) is 5.46. The smallest absolute Gasteiger partial charge is 0.416 e. The molecule has 252 valence electrons. The van der Waals surface area contributed by atoms with Crippen molar-refractivity contribution >= 4 is 34.3 Å². The van der Waals surface area contributed by atoms with E-state index in [-0.39, 0.29) is 40.8 Å². The zero-order valence-electron chi connectivity index (χ0n) is 25.6. The lowest BCUT2D eigenvalue weighted by Gasteiger charge is -2.28. The number of thiazole rings is 1. The zero-order valence-corrected chi connectivity index (χ0v) is 26.5. The number of benzene rings is 2. The maximum absolute atomic E-state index is 14.1. The van der Waals surface area contributed by atoms with Gasteiger partial charge >= 0.3 is 18.4 Å². The Morgan fingerprint density at radius 1 is 1.09 bits per heavy atom. The number of ether oxygens (including phenoxy) is 1. The number of nitrogens with zero attached hydrogens (tertiary/aromatic N) is 5. The first kappa shape index (κ1) is 34.2. The fraction of sp³-hybridized carbons (Fsp3) is 0.419. The number of aromatic hydroxyl groups is 1. The van der Waals surface area contributed by atoms with Crippen molar-refractivity contribution in [3.05, 3.63) is 74.1 Å². The largest absolute Gasteiger partial charge is 0.492 e. The van der Waals surface area contributed by atoms with Gasteiger partial charge in [-0.1, -0.05) is 23.5 Å². The highest BCUT2D eigenvalue weighted by Gasteiger charge is 2.41. The van der Waals surface area contributed by atoms with E-state index in [0.717, 1.165) is 17.4 Å². The summed E-state index contributed by atoms with van der Waals surface area (Å²) >= 11 is 0.971. The number of halogens is 6. The summed E-state index contributed by atoms with van der Waals surface area (Å²) in [6.45, 7) is 5.00. The van der Waals surface area contributed by atoms with E-state index in [1.165, 1.54) is 11.1 Å². The number of aliphatic hydroxyl groups is 1. The average Bonchev–Trinajstić information content (AvgIpc) is 3.71. The van der Waals surface area contributed by atoms with Crippen LogP contribution in [0.4, 0.5) is 36.3 Å². The second-order valence-corrected chi connectivity index (χ2v) is 13.2. The summed E-state index contributed by atoms with van der Waals surface area (Å²) in [6, 6.07) is 5.34. The van der Waals surface area contributed by atoms with Crippen LogP contribution in [-0.4, -0.2) is 70.3 Å². The van der Waals surface area contributed by atoms with Crippen LogP contribution in [0, 0.1) is 0 Å². The number of fused-ring (bicyclic) bond motifs is 1. The van der Waals surface area contributed by atoms with Gasteiger partial charge in [0.25, 0.3) is 0 Å². The SMILES string of the molecule is CN(c1nc(O)c(C(Cc2ccc(C(F)(F)F)cc2C(F)(F)F)=c2ccc3c(c2)C=NN=3)s1)C1CC(CO)N(C(=O)OC(C)(C)C)C1. The number of amides is 1. The highest BCUT2D eigenvalue weighted by atomic mass is 32.1. The number of anilines is 1. The van der Waals surface area contributed by atoms with E-state index in [0.29, 0.717) is 28.6 Å². The lowest BCUT2D eigenvalue weighted by atomic mass is 9.94. The van der Waals surface area contributed by atoms with Crippen LogP contribution in [0.25, 0.3) is 5.57 Å². The monoisotopic (exact) mass is 683 g/mol. The summed E-state index contributed by atoms with van der Waals surface area (Å²) in [6.07, 6.45) is -9.39. The standard InChI is InChI=1S/C31H31F6N5O4S/c1-29(2,3)46-28(45)42-14-20(12-21(42)15-43)41(4)27-39-26(44)25(47-27)22(16-6-8-24-18(9-16)13-38-40-24)10-17-5-7-19(30(32,33)34)11-23(17)31(35,36)37/h5-9,11,13,20-21,43-44H,10,12,14-15H2,1-4H3. The average molecular weight is 684 g/mol. The summed E-state index contributed by atoms with van der Waals surface area (Å²) < 4.78 is 88.0. The van der Waals surface area contributed by atoms with Crippen LogP contribution in [0.2, 0.25) is 0 Å². The van der Waals surface area contributed by atoms with Crippen molar-refractivity contribution in [3.63, 3.8) is 0 Å². The molecule has 0 saturated carbocycles. The third kappa shape index (κ3) is 7.38. The molecule has 0 aliphatic carbocycles. The maximum atomic E-state index is 14.1. The topological polar surface area (TPSA) is 111 Å². The molecule has 0 bridgehead atoms. The predicted molar refractivity (Wildman–Crippen MR) is 162 cm³/mol. The molecule has 3 heterocycles. The summed E-state index contributed by atoms with van der Waals surface area (Å²) in [7, 11) is 1.67. The Hall–Kier alpha value is -4.18. The van der Waals surface area contributed by atoms with Crippen LogP contribution >= 0.6 is 11.3 Å². The lowest BCUT2D eigenvalue weighted by Crippen LogP contribution is -2.42. The molecule has 2 aliphatic rings. The van der Waals surface area contributed by atoms with E-state index in [2.05, 4.69) is 15.2 Å². The van der Waals surface area contributed by atoms with Gasteiger partial charge in [0, 0.05) is 25.6 Å². The number of aliphatic hydroxyl groups excluding tert-OH is 1. The molecule has 2 atom stereocenters. The lowest BCUT2D eigenvalue weighted by molar-refractivity contribution is -0.143. The molecule has 5 rings (SSSR count). The van der Waals surface area contributed by atoms with Crippen LogP contribution in [0.1, 0.15) is 54.3 Å². The van der Waals surface area contributed by atoms with Gasteiger partial charge in [0.15, 0.2) is 5.13 Å². The van der Waals surface area contributed by atoms with Crippen LogP contribution in [0.15, 0.2) is 46.6 Å². The summed E-state index contributed by atoms with van der Waals surface area (Å²) in [5.74, 6) is -0.494. The Balaban J connectivity index is 1.56. The van der Waals surface area contributed by atoms with Gasteiger partial charge in [-0.2, -0.15) is 41.5 Å². The van der Waals surface area contributed by atoms with E-state index in [4.69, 9.17) is 4.74 Å². The van der Waals surface area contributed by atoms with Crippen molar-refractivity contribution in [2.24, 2.45) is 10.2 Å².